The average molecular weight is 230 g/mol. The van der Waals surface area contributed by atoms with Crippen molar-refractivity contribution >= 4 is 22.4 Å². The van der Waals surface area contributed by atoms with E-state index < -0.39 is 0 Å². The number of thiophene rings is 1. The Labute approximate surface area is 92.0 Å². The first kappa shape index (κ1) is 12.0. The number of aliphatic hydroxyl groups excluding tert-OH is 2. The second-order valence-corrected chi connectivity index (χ2v) is 3.79. The first-order valence-corrected chi connectivity index (χ1v) is 5.47. The largest absolute Gasteiger partial charge is 0.395 e. The summed E-state index contributed by atoms with van der Waals surface area (Å²) in [5, 5.41) is 22.8. The lowest BCUT2D eigenvalue weighted by Crippen LogP contribution is -2.38. The molecule has 0 bridgehead atoms. The van der Waals surface area contributed by atoms with Crippen LogP contribution in [0.2, 0.25) is 0 Å². The van der Waals surface area contributed by atoms with Crippen molar-refractivity contribution in [3.8, 4) is 0 Å². The summed E-state index contributed by atoms with van der Waals surface area (Å²) in [6, 6.07) is 3.32. The van der Waals surface area contributed by atoms with E-state index in [1.165, 1.54) is 16.2 Å². The molecule has 0 spiro atoms. The summed E-state index contributed by atoms with van der Waals surface area (Å²) in [6.07, 6.45) is 0. The number of hydrogen-bond donors (Lipinski definition) is 3. The molecule has 0 saturated heterocycles. The van der Waals surface area contributed by atoms with Gasteiger partial charge in [0.2, 0.25) is 0 Å². The van der Waals surface area contributed by atoms with Crippen molar-refractivity contribution in [2.24, 2.45) is 0 Å². The molecule has 84 valence electrons. The Kier molecular flexibility index (Phi) is 5.09. The molecular weight excluding hydrogens is 216 g/mol. The third-order valence-electron chi connectivity index (χ3n) is 1.78. The highest BCUT2D eigenvalue weighted by Crippen LogP contribution is 2.15. The molecule has 3 N–H and O–H groups in total. The van der Waals surface area contributed by atoms with Crippen molar-refractivity contribution in [3.63, 3.8) is 0 Å². The van der Waals surface area contributed by atoms with E-state index in [2.05, 4.69) is 5.32 Å². The number of rotatable bonds is 5. The SMILES string of the molecule is O=C(Nc1cccs1)N(CCO)CCO. The summed E-state index contributed by atoms with van der Waals surface area (Å²) in [6.45, 7) is 0.214. The van der Waals surface area contributed by atoms with E-state index in [-0.39, 0.29) is 32.3 Å². The summed E-state index contributed by atoms with van der Waals surface area (Å²) in [5.74, 6) is 0. The molecule has 0 aliphatic heterocycles. The van der Waals surface area contributed by atoms with Crippen LogP contribution in [-0.2, 0) is 0 Å². The highest BCUT2D eigenvalue weighted by atomic mass is 32.1. The molecule has 0 aromatic carbocycles. The number of nitrogens with zero attached hydrogens (tertiary/aromatic N) is 1. The Morgan fingerprint density at radius 1 is 1.40 bits per heavy atom. The Balaban J connectivity index is 2.48. The number of amides is 2. The van der Waals surface area contributed by atoms with Gasteiger partial charge in [-0.1, -0.05) is 0 Å². The van der Waals surface area contributed by atoms with Crippen molar-refractivity contribution in [3.05, 3.63) is 17.5 Å². The Morgan fingerprint density at radius 2 is 2.07 bits per heavy atom. The predicted molar refractivity (Wildman–Crippen MR) is 59.1 cm³/mol. The van der Waals surface area contributed by atoms with Gasteiger partial charge in [0.25, 0.3) is 0 Å². The van der Waals surface area contributed by atoms with E-state index in [1.54, 1.807) is 6.07 Å². The molecule has 0 fully saturated rings. The lowest BCUT2D eigenvalue weighted by atomic mass is 10.5. The summed E-state index contributed by atoms with van der Waals surface area (Å²) in [4.78, 5) is 13.0. The molecule has 15 heavy (non-hydrogen) atoms. The molecule has 0 aliphatic carbocycles. The molecule has 0 atom stereocenters. The zero-order valence-corrected chi connectivity index (χ0v) is 9.04. The fourth-order valence-electron chi connectivity index (χ4n) is 1.09. The highest BCUT2D eigenvalue weighted by Gasteiger charge is 2.12. The van der Waals surface area contributed by atoms with Gasteiger partial charge in [0, 0.05) is 13.1 Å². The standard InChI is InChI=1S/C9H14N2O3S/c12-5-3-11(4-6-13)9(14)10-8-2-1-7-15-8/h1-2,7,12-13H,3-6H2,(H,10,14). The zero-order chi connectivity index (χ0) is 11.1. The maximum absolute atomic E-state index is 11.6. The van der Waals surface area contributed by atoms with Gasteiger partial charge in [0.15, 0.2) is 0 Å². The van der Waals surface area contributed by atoms with Crippen molar-refractivity contribution in [1.29, 1.82) is 0 Å². The molecule has 0 unspecified atom stereocenters. The van der Waals surface area contributed by atoms with Gasteiger partial charge >= 0.3 is 6.03 Å². The third kappa shape index (κ3) is 3.86. The molecule has 2 amide bonds. The van der Waals surface area contributed by atoms with Crippen molar-refractivity contribution in [2.75, 3.05) is 31.6 Å². The monoisotopic (exact) mass is 230 g/mol. The number of urea groups is 1. The summed E-state index contributed by atoms with van der Waals surface area (Å²) < 4.78 is 0. The number of hydrogen-bond acceptors (Lipinski definition) is 4. The van der Waals surface area contributed by atoms with Crippen LogP contribution in [0.1, 0.15) is 0 Å². The predicted octanol–water partition coefficient (Wildman–Crippen LogP) is 0.567. The first-order chi connectivity index (χ1) is 7.27. The molecule has 1 aromatic heterocycles. The zero-order valence-electron chi connectivity index (χ0n) is 8.22. The van der Waals surface area contributed by atoms with Crippen molar-refractivity contribution in [2.45, 2.75) is 0 Å². The van der Waals surface area contributed by atoms with E-state index in [9.17, 15) is 4.79 Å². The fraction of sp³-hybridized carbons (Fsp3) is 0.444. The van der Waals surface area contributed by atoms with Gasteiger partial charge in [-0.3, -0.25) is 5.32 Å². The van der Waals surface area contributed by atoms with E-state index in [0.717, 1.165) is 5.00 Å². The van der Waals surface area contributed by atoms with Gasteiger partial charge in [0.05, 0.1) is 18.2 Å². The van der Waals surface area contributed by atoms with Gasteiger partial charge < -0.3 is 15.1 Å². The van der Waals surface area contributed by atoms with Gasteiger partial charge in [-0.2, -0.15) is 0 Å². The van der Waals surface area contributed by atoms with Gasteiger partial charge in [-0.05, 0) is 17.5 Å². The Hall–Kier alpha value is -1.11. The van der Waals surface area contributed by atoms with E-state index in [1.807, 2.05) is 11.4 Å². The molecule has 1 aromatic rings. The smallest absolute Gasteiger partial charge is 0.322 e. The number of carbonyl (C=O) groups is 1. The minimum atomic E-state index is -0.305. The van der Waals surface area contributed by atoms with Crippen molar-refractivity contribution < 1.29 is 15.0 Å². The molecule has 0 aliphatic rings. The fourth-order valence-corrected chi connectivity index (χ4v) is 1.70. The number of aliphatic hydroxyl groups is 2. The molecular formula is C9H14N2O3S. The van der Waals surface area contributed by atoms with Crippen LogP contribution in [0.25, 0.3) is 0 Å². The average Bonchev–Trinajstić information content (AvgIpc) is 2.70. The highest BCUT2D eigenvalue weighted by molar-refractivity contribution is 7.14. The molecule has 0 saturated carbocycles. The normalized spacial score (nSPS) is 10.0. The van der Waals surface area contributed by atoms with Gasteiger partial charge in [-0.25, -0.2) is 4.79 Å². The third-order valence-corrected chi connectivity index (χ3v) is 2.56. The van der Waals surface area contributed by atoms with Crippen LogP contribution in [0.15, 0.2) is 17.5 Å². The van der Waals surface area contributed by atoms with Crippen molar-refractivity contribution in [1.82, 2.24) is 4.90 Å². The second kappa shape index (κ2) is 6.39. The molecule has 0 radical (unpaired) electrons. The van der Waals surface area contributed by atoms with Crippen LogP contribution in [0.3, 0.4) is 0 Å². The van der Waals surface area contributed by atoms with Crippen LogP contribution >= 0.6 is 11.3 Å². The lowest BCUT2D eigenvalue weighted by molar-refractivity contribution is 0.168. The van der Waals surface area contributed by atoms with E-state index >= 15 is 0 Å². The van der Waals surface area contributed by atoms with Gasteiger partial charge in [0.1, 0.15) is 0 Å². The Bertz CT molecular complexity index is 284. The topological polar surface area (TPSA) is 72.8 Å². The number of anilines is 1. The van der Waals surface area contributed by atoms with Crippen LogP contribution in [0, 0.1) is 0 Å². The molecule has 1 heterocycles. The van der Waals surface area contributed by atoms with Crippen LogP contribution < -0.4 is 5.32 Å². The van der Waals surface area contributed by atoms with Gasteiger partial charge in [-0.15, -0.1) is 11.3 Å². The molecule has 5 nitrogen and oxygen atoms in total. The summed E-state index contributed by atoms with van der Waals surface area (Å²) in [5.41, 5.74) is 0. The van der Waals surface area contributed by atoms with E-state index in [4.69, 9.17) is 10.2 Å². The van der Waals surface area contributed by atoms with Crippen LogP contribution in [0.5, 0.6) is 0 Å². The first-order valence-electron chi connectivity index (χ1n) is 4.59. The quantitative estimate of drug-likeness (QED) is 0.692. The van der Waals surface area contributed by atoms with Crippen LogP contribution in [-0.4, -0.2) is 47.4 Å². The summed E-state index contributed by atoms with van der Waals surface area (Å²) >= 11 is 1.42. The Morgan fingerprint density at radius 3 is 2.53 bits per heavy atom. The summed E-state index contributed by atoms with van der Waals surface area (Å²) in [7, 11) is 0. The maximum atomic E-state index is 11.6. The molecule has 6 heteroatoms. The minimum absolute atomic E-state index is 0.113. The van der Waals surface area contributed by atoms with E-state index in [0.29, 0.717) is 0 Å². The number of carbonyl (C=O) groups excluding carboxylic acids is 1. The second-order valence-electron chi connectivity index (χ2n) is 2.84. The minimum Gasteiger partial charge on any atom is -0.395 e. The lowest BCUT2D eigenvalue weighted by Gasteiger charge is -2.20. The number of nitrogens with one attached hydrogen (secondary N) is 1. The maximum Gasteiger partial charge on any atom is 0.322 e. The van der Waals surface area contributed by atoms with Crippen LogP contribution in [0.4, 0.5) is 9.80 Å². The molecule has 1 rings (SSSR count).